The first-order valence-electron chi connectivity index (χ1n) is 9.46. The number of ketones is 1. The smallest absolute Gasteiger partial charge is 0.341 e. The van der Waals surface area contributed by atoms with Gasteiger partial charge in [-0.2, -0.15) is 0 Å². The molecule has 0 radical (unpaired) electrons. The van der Waals surface area contributed by atoms with E-state index in [1.165, 1.54) is 11.3 Å². The molecule has 0 fully saturated rings. The van der Waals surface area contributed by atoms with Crippen LogP contribution in [0.5, 0.6) is 0 Å². The zero-order valence-electron chi connectivity index (χ0n) is 16.7. The topological polar surface area (TPSA) is 72.5 Å². The van der Waals surface area contributed by atoms with Crippen LogP contribution < -0.4 is 5.32 Å². The second kappa shape index (κ2) is 7.87. The minimum Gasteiger partial charge on any atom is -0.462 e. The van der Waals surface area contributed by atoms with Crippen molar-refractivity contribution in [2.45, 2.75) is 52.4 Å². The summed E-state index contributed by atoms with van der Waals surface area (Å²) in [4.78, 5) is 37.9. The minimum atomic E-state index is -0.451. The molecule has 0 atom stereocenters. The van der Waals surface area contributed by atoms with E-state index in [-0.39, 0.29) is 23.7 Å². The molecule has 0 unspecified atom stereocenters. The van der Waals surface area contributed by atoms with Crippen molar-refractivity contribution in [1.29, 1.82) is 0 Å². The quantitative estimate of drug-likeness (QED) is 0.767. The number of esters is 1. The first-order valence-corrected chi connectivity index (χ1v) is 10.3. The molecule has 0 saturated heterocycles. The number of carbonyl (C=O) groups is 3. The van der Waals surface area contributed by atoms with E-state index >= 15 is 0 Å². The van der Waals surface area contributed by atoms with Crippen molar-refractivity contribution < 1.29 is 19.1 Å². The second-order valence-corrected chi connectivity index (χ2v) is 9.03. The highest BCUT2D eigenvalue weighted by molar-refractivity contribution is 7.17. The molecule has 6 heteroatoms. The van der Waals surface area contributed by atoms with E-state index in [1.54, 1.807) is 19.1 Å². The summed E-state index contributed by atoms with van der Waals surface area (Å²) in [7, 11) is 0. The molecule has 1 aromatic heterocycles. The Morgan fingerprint density at radius 1 is 1.14 bits per heavy atom. The normalized spacial score (nSPS) is 13.8. The summed E-state index contributed by atoms with van der Waals surface area (Å²) in [5, 5.41) is 3.32. The molecule has 1 aliphatic carbocycles. The summed E-state index contributed by atoms with van der Waals surface area (Å²) in [6.07, 6.45) is 1.23. The van der Waals surface area contributed by atoms with Gasteiger partial charge in [-0.05, 0) is 42.0 Å². The number of nitrogens with one attached hydrogen (secondary N) is 1. The fourth-order valence-electron chi connectivity index (χ4n) is 3.26. The van der Waals surface area contributed by atoms with Crippen molar-refractivity contribution in [2.75, 3.05) is 11.9 Å². The van der Waals surface area contributed by atoms with Crippen LogP contribution in [-0.4, -0.2) is 24.3 Å². The summed E-state index contributed by atoms with van der Waals surface area (Å²) >= 11 is 1.30. The Hall–Kier alpha value is -2.47. The molecule has 1 heterocycles. The fourth-order valence-corrected chi connectivity index (χ4v) is 4.51. The summed E-state index contributed by atoms with van der Waals surface area (Å²) in [5.74, 6) is -0.580. The second-order valence-electron chi connectivity index (χ2n) is 7.93. The molecule has 3 rings (SSSR count). The van der Waals surface area contributed by atoms with E-state index < -0.39 is 5.97 Å². The van der Waals surface area contributed by atoms with Crippen LogP contribution in [0, 0.1) is 0 Å². The lowest BCUT2D eigenvalue weighted by Crippen LogP contribution is -2.17. The van der Waals surface area contributed by atoms with Gasteiger partial charge in [-0.25, -0.2) is 4.79 Å². The molecule has 1 aromatic carbocycles. The number of hydrogen-bond donors (Lipinski definition) is 1. The van der Waals surface area contributed by atoms with Gasteiger partial charge in [-0.15, -0.1) is 11.3 Å². The van der Waals surface area contributed by atoms with Crippen molar-refractivity contribution >= 4 is 34.0 Å². The van der Waals surface area contributed by atoms with Gasteiger partial charge in [0.2, 0.25) is 0 Å². The van der Waals surface area contributed by atoms with Crippen molar-refractivity contribution in [3.63, 3.8) is 0 Å². The number of hydrogen-bond acceptors (Lipinski definition) is 5. The third-order valence-corrected chi connectivity index (χ3v) is 5.97. The third kappa shape index (κ3) is 4.17. The maximum atomic E-state index is 12.8. The first-order chi connectivity index (χ1) is 13.2. The fraction of sp³-hybridized carbons (Fsp3) is 0.409. The van der Waals surface area contributed by atoms with Crippen LogP contribution in [0.25, 0.3) is 0 Å². The van der Waals surface area contributed by atoms with Gasteiger partial charge in [0.25, 0.3) is 5.91 Å². The molecular weight excluding hydrogens is 374 g/mol. The van der Waals surface area contributed by atoms with Gasteiger partial charge in [0, 0.05) is 23.3 Å². The average Bonchev–Trinajstić information content (AvgIpc) is 2.98. The molecule has 148 valence electrons. The summed E-state index contributed by atoms with van der Waals surface area (Å²) in [6.45, 7) is 8.35. The van der Waals surface area contributed by atoms with Gasteiger partial charge in [0.1, 0.15) is 10.8 Å². The van der Waals surface area contributed by atoms with E-state index in [4.69, 9.17) is 4.74 Å². The predicted octanol–water partition coefficient (Wildman–Crippen LogP) is 4.53. The largest absolute Gasteiger partial charge is 0.462 e. The number of carbonyl (C=O) groups excluding carboxylic acids is 3. The first kappa shape index (κ1) is 20.3. The Labute approximate surface area is 169 Å². The van der Waals surface area contributed by atoms with E-state index in [2.05, 4.69) is 26.1 Å². The van der Waals surface area contributed by atoms with Crippen molar-refractivity contribution in [1.82, 2.24) is 0 Å². The number of rotatable bonds is 4. The standard InChI is InChI=1S/C22H25NO4S/c1-5-27-21(26)18-16-11-10-15(24)12-17(16)28-20(18)23-19(25)13-6-8-14(9-7-13)22(2,3)4/h6-9H,5,10-12H2,1-4H3,(H,23,25). The summed E-state index contributed by atoms with van der Waals surface area (Å²) in [5.41, 5.74) is 2.90. The van der Waals surface area contributed by atoms with Gasteiger partial charge < -0.3 is 10.1 Å². The maximum absolute atomic E-state index is 12.8. The van der Waals surface area contributed by atoms with Crippen molar-refractivity contribution in [3.8, 4) is 0 Å². The van der Waals surface area contributed by atoms with E-state index in [1.807, 2.05) is 12.1 Å². The lowest BCUT2D eigenvalue weighted by Gasteiger charge is -2.19. The van der Waals surface area contributed by atoms with Gasteiger partial charge in [-0.1, -0.05) is 32.9 Å². The molecule has 1 amide bonds. The summed E-state index contributed by atoms with van der Waals surface area (Å²) in [6, 6.07) is 7.46. The molecule has 5 nitrogen and oxygen atoms in total. The molecule has 0 spiro atoms. The predicted molar refractivity (Wildman–Crippen MR) is 110 cm³/mol. The van der Waals surface area contributed by atoms with E-state index in [0.29, 0.717) is 35.4 Å². The van der Waals surface area contributed by atoms with Crippen LogP contribution in [0.15, 0.2) is 24.3 Å². The zero-order valence-corrected chi connectivity index (χ0v) is 17.5. The number of Topliss-reactive ketones (excluding diaryl/α,β-unsaturated/α-hetero) is 1. The monoisotopic (exact) mass is 399 g/mol. The number of benzene rings is 1. The molecule has 0 bridgehead atoms. The molecule has 1 aliphatic rings. The third-order valence-electron chi connectivity index (χ3n) is 4.82. The Balaban J connectivity index is 1.90. The van der Waals surface area contributed by atoms with Crippen LogP contribution in [0.1, 0.15) is 70.8 Å². The number of thiophene rings is 1. The average molecular weight is 400 g/mol. The Kier molecular flexibility index (Phi) is 5.70. The highest BCUT2D eigenvalue weighted by atomic mass is 32.1. The number of fused-ring (bicyclic) bond motifs is 1. The summed E-state index contributed by atoms with van der Waals surface area (Å²) < 4.78 is 5.19. The van der Waals surface area contributed by atoms with Gasteiger partial charge in [0.15, 0.2) is 0 Å². The lowest BCUT2D eigenvalue weighted by molar-refractivity contribution is -0.118. The molecule has 28 heavy (non-hydrogen) atoms. The SMILES string of the molecule is CCOC(=O)c1c(NC(=O)c2ccc(C(C)(C)C)cc2)sc2c1CCC(=O)C2. The molecular formula is C22H25NO4S. The van der Waals surface area contributed by atoms with Crippen LogP contribution in [-0.2, 0) is 27.8 Å². The number of amides is 1. The molecule has 0 saturated carbocycles. The molecule has 1 N–H and O–H groups in total. The van der Waals surface area contributed by atoms with E-state index in [0.717, 1.165) is 16.0 Å². The molecule has 0 aliphatic heterocycles. The van der Waals surface area contributed by atoms with Crippen LogP contribution >= 0.6 is 11.3 Å². The zero-order chi connectivity index (χ0) is 20.5. The van der Waals surface area contributed by atoms with Crippen molar-refractivity contribution in [3.05, 3.63) is 51.4 Å². The van der Waals surface area contributed by atoms with Crippen LogP contribution in [0.3, 0.4) is 0 Å². The highest BCUT2D eigenvalue weighted by Gasteiger charge is 2.29. The highest BCUT2D eigenvalue weighted by Crippen LogP contribution is 2.38. The van der Waals surface area contributed by atoms with Crippen molar-refractivity contribution in [2.24, 2.45) is 0 Å². The number of ether oxygens (including phenoxy) is 1. The van der Waals surface area contributed by atoms with Gasteiger partial charge in [0.05, 0.1) is 12.2 Å². The van der Waals surface area contributed by atoms with Crippen LogP contribution in [0.4, 0.5) is 5.00 Å². The Bertz CT molecular complexity index is 919. The number of anilines is 1. The molecule has 2 aromatic rings. The van der Waals surface area contributed by atoms with Gasteiger partial charge in [-0.3, -0.25) is 9.59 Å². The maximum Gasteiger partial charge on any atom is 0.341 e. The Morgan fingerprint density at radius 3 is 2.43 bits per heavy atom. The Morgan fingerprint density at radius 2 is 1.82 bits per heavy atom. The lowest BCUT2D eigenvalue weighted by atomic mass is 9.87. The van der Waals surface area contributed by atoms with Gasteiger partial charge >= 0.3 is 5.97 Å². The minimum absolute atomic E-state index is 0.00539. The van der Waals surface area contributed by atoms with E-state index in [9.17, 15) is 14.4 Å². The van der Waals surface area contributed by atoms with Crippen LogP contribution in [0.2, 0.25) is 0 Å².